The van der Waals surface area contributed by atoms with Crippen LogP contribution in [0.5, 0.6) is 0 Å². The summed E-state index contributed by atoms with van der Waals surface area (Å²) >= 11 is 5.90. The van der Waals surface area contributed by atoms with E-state index in [4.69, 9.17) is 11.6 Å². The van der Waals surface area contributed by atoms with Crippen molar-refractivity contribution in [3.8, 4) is 0 Å². The molecule has 21 heavy (non-hydrogen) atoms. The Bertz CT molecular complexity index is 806. The second-order valence-electron chi connectivity index (χ2n) is 5.64. The van der Waals surface area contributed by atoms with Crippen LogP contribution in [0.4, 0.5) is 0 Å². The number of rotatable bonds is 2. The minimum absolute atomic E-state index is 0.315. The van der Waals surface area contributed by atoms with Gasteiger partial charge in [-0.15, -0.1) is 0 Å². The van der Waals surface area contributed by atoms with E-state index in [1.54, 1.807) is 19.1 Å². The molecule has 112 valence electrons. The Kier molecular flexibility index (Phi) is 4.30. The molecule has 2 aromatic rings. The molecule has 0 aromatic carbocycles. The first kappa shape index (κ1) is 15.9. The van der Waals surface area contributed by atoms with Crippen molar-refractivity contribution >= 4 is 39.3 Å². The van der Waals surface area contributed by atoms with Gasteiger partial charge in [-0.2, -0.15) is 4.40 Å². The molecule has 0 saturated carbocycles. The Balaban J connectivity index is 2.56. The standard InChI is InChI=1S/C14H16ClN3O2S/c1-8(18-21(20)14(2,3)4)11-6-9-5-10(15)7-16-12(9)17-13(11)19/h5-7H,1-4H3,(H,16,17,19)/b18-8+/t21-/m1/s1. The smallest absolute Gasteiger partial charge is 0.258 e. The summed E-state index contributed by atoms with van der Waals surface area (Å²) < 4.78 is 15.7. The number of H-pyrrole nitrogens is 1. The van der Waals surface area contributed by atoms with Gasteiger partial charge in [0.1, 0.15) is 16.6 Å². The average Bonchev–Trinajstić information content (AvgIpc) is 2.37. The third-order valence-corrected chi connectivity index (χ3v) is 4.49. The highest BCUT2D eigenvalue weighted by Gasteiger charge is 2.20. The molecule has 0 saturated heterocycles. The van der Waals surface area contributed by atoms with Crippen molar-refractivity contribution in [3.63, 3.8) is 0 Å². The molecule has 0 bridgehead atoms. The summed E-state index contributed by atoms with van der Waals surface area (Å²) in [5.74, 6) is 0. The summed E-state index contributed by atoms with van der Waals surface area (Å²) in [6, 6.07) is 3.36. The summed E-state index contributed by atoms with van der Waals surface area (Å²) in [4.78, 5) is 18.8. The van der Waals surface area contributed by atoms with Crippen molar-refractivity contribution in [3.05, 3.63) is 39.3 Å². The number of hydrogen-bond donors (Lipinski definition) is 1. The average molecular weight is 326 g/mol. The van der Waals surface area contributed by atoms with Crippen molar-refractivity contribution in [2.75, 3.05) is 0 Å². The minimum Gasteiger partial charge on any atom is -0.306 e. The lowest BCUT2D eigenvalue weighted by atomic mass is 10.1. The zero-order valence-corrected chi connectivity index (χ0v) is 13.8. The van der Waals surface area contributed by atoms with Gasteiger partial charge in [-0.05, 0) is 39.8 Å². The fourth-order valence-electron chi connectivity index (χ4n) is 1.64. The van der Waals surface area contributed by atoms with Crippen LogP contribution in [0.25, 0.3) is 11.0 Å². The Morgan fingerprint density at radius 1 is 1.38 bits per heavy atom. The molecule has 0 amide bonds. The van der Waals surface area contributed by atoms with E-state index in [0.29, 0.717) is 27.3 Å². The van der Waals surface area contributed by atoms with E-state index in [1.165, 1.54) is 6.20 Å². The zero-order chi connectivity index (χ0) is 15.8. The van der Waals surface area contributed by atoms with E-state index < -0.39 is 15.7 Å². The van der Waals surface area contributed by atoms with Crippen LogP contribution in [-0.4, -0.2) is 24.6 Å². The van der Waals surface area contributed by atoms with E-state index >= 15 is 0 Å². The van der Waals surface area contributed by atoms with E-state index in [-0.39, 0.29) is 5.56 Å². The summed E-state index contributed by atoms with van der Waals surface area (Å²) in [5.41, 5.74) is 0.929. The highest BCUT2D eigenvalue weighted by Crippen LogP contribution is 2.16. The third-order valence-electron chi connectivity index (χ3n) is 2.79. The summed E-state index contributed by atoms with van der Waals surface area (Å²) in [7, 11) is -1.42. The molecule has 2 rings (SSSR count). The largest absolute Gasteiger partial charge is 0.306 e. The highest BCUT2D eigenvalue weighted by atomic mass is 35.5. The van der Waals surface area contributed by atoms with Crippen molar-refractivity contribution in [2.45, 2.75) is 32.4 Å². The fourth-order valence-corrected chi connectivity index (χ4v) is 2.43. The number of fused-ring (bicyclic) bond motifs is 1. The molecule has 5 nitrogen and oxygen atoms in total. The maximum Gasteiger partial charge on any atom is 0.258 e. The second kappa shape index (κ2) is 5.69. The lowest BCUT2D eigenvalue weighted by molar-refractivity contribution is 0.650. The van der Waals surface area contributed by atoms with Crippen LogP contribution < -0.4 is 5.56 Å². The number of aromatic amines is 1. The van der Waals surface area contributed by atoms with Crippen LogP contribution in [0.2, 0.25) is 5.02 Å². The first-order valence-corrected chi connectivity index (χ1v) is 7.83. The number of halogens is 1. The van der Waals surface area contributed by atoms with Crippen LogP contribution in [0.1, 0.15) is 33.3 Å². The lowest BCUT2D eigenvalue weighted by Crippen LogP contribution is -2.22. The van der Waals surface area contributed by atoms with E-state index in [2.05, 4.69) is 14.4 Å². The van der Waals surface area contributed by atoms with Gasteiger partial charge in [-0.25, -0.2) is 9.19 Å². The Labute approximate surface area is 130 Å². The Morgan fingerprint density at radius 2 is 2.05 bits per heavy atom. The molecule has 0 aliphatic carbocycles. The quantitative estimate of drug-likeness (QED) is 0.863. The van der Waals surface area contributed by atoms with Crippen LogP contribution in [0, 0.1) is 0 Å². The van der Waals surface area contributed by atoms with Crippen molar-refractivity contribution in [2.24, 2.45) is 4.40 Å². The number of hydrogen-bond acceptors (Lipinski definition) is 3. The van der Waals surface area contributed by atoms with E-state index in [1.807, 2.05) is 20.8 Å². The van der Waals surface area contributed by atoms with Gasteiger partial charge < -0.3 is 4.98 Å². The number of nitrogens with one attached hydrogen (secondary N) is 1. The van der Waals surface area contributed by atoms with E-state index in [0.717, 1.165) is 0 Å². The summed E-state index contributed by atoms with van der Waals surface area (Å²) in [6.07, 6.45) is 1.47. The van der Waals surface area contributed by atoms with Crippen molar-refractivity contribution in [1.82, 2.24) is 9.97 Å². The fraction of sp³-hybridized carbons (Fsp3) is 0.357. The molecule has 7 heteroatoms. The monoisotopic (exact) mass is 325 g/mol. The summed E-state index contributed by atoms with van der Waals surface area (Å²) in [6.45, 7) is 7.15. The predicted octanol–water partition coefficient (Wildman–Crippen LogP) is 2.85. The van der Waals surface area contributed by atoms with Gasteiger partial charge in [-0.3, -0.25) is 4.79 Å². The van der Waals surface area contributed by atoms with E-state index in [9.17, 15) is 9.00 Å². The van der Waals surface area contributed by atoms with Crippen LogP contribution in [0.15, 0.2) is 27.5 Å². The van der Waals surface area contributed by atoms with Gasteiger partial charge in [0.25, 0.3) is 5.56 Å². The molecule has 0 spiro atoms. The SMILES string of the molecule is C/C(=N\[S@](=O)C(C)(C)C)c1cc2cc(Cl)cnc2[nH]c1=O. The molecule has 0 radical (unpaired) electrons. The number of nitrogens with zero attached hydrogens (tertiary/aromatic N) is 2. The molecule has 1 atom stereocenters. The highest BCUT2D eigenvalue weighted by molar-refractivity contribution is 7.85. The van der Waals surface area contributed by atoms with Crippen LogP contribution >= 0.6 is 11.6 Å². The number of pyridine rings is 2. The molecule has 0 unspecified atom stereocenters. The van der Waals surface area contributed by atoms with Gasteiger partial charge in [0.2, 0.25) is 0 Å². The van der Waals surface area contributed by atoms with Gasteiger partial charge in [-0.1, -0.05) is 11.6 Å². The summed E-state index contributed by atoms with van der Waals surface area (Å²) in [5, 5.41) is 1.18. The Morgan fingerprint density at radius 3 is 2.67 bits per heavy atom. The first-order valence-electron chi connectivity index (χ1n) is 6.35. The molecule has 1 N–H and O–H groups in total. The predicted molar refractivity (Wildman–Crippen MR) is 87.5 cm³/mol. The molecule has 0 aliphatic heterocycles. The Hall–Kier alpha value is -1.53. The molecule has 2 aromatic heterocycles. The van der Waals surface area contributed by atoms with Gasteiger partial charge >= 0.3 is 0 Å². The molecule has 0 aliphatic rings. The van der Waals surface area contributed by atoms with Gasteiger partial charge in [0.05, 0.1) is 21.0 Å². The second-order valence-corrected chi connectivity index (χ2v) is 7.98. The van der Waals surface area contributed by atoms with Crippen molar-refractivity contribution < 1.29 is 4.21 Å². The van der Waals surface area contributed by atoms with Gasteiger partial charge in [0, 0.05) is 11.6 Å². The molecule has 2 heterocycles. The maximum absolute atomic E-state index is 12.1. The van der Waals surface area contributed by atoms with Crippen molar-refractivity contribution in [1.29, 1.82) is 0 Å². The zero-order valence-electron chi connectivity index (χ0n) is 12.2. The third kappa shape index (κ3) is 3.57. The first-order chi connectivity index (χ1) is 9.68. The molecule has 0 fully saturated rings. The topological polar surface area (TPSA) is 75.2 Å². The maximum atomic E-state index is 12.1. The molecular weight excluding hydrogens is 310 g/mol. The lowest BCUT2D eigenvalue weighted by Gasteiger charge is -2.14. The number of aromatic nitrogens is 2. The van der Waals surface area contributed by atoms with Gasteiger partial charge in [0.15, 0.2) is 0 Å². The minimum atomic E-state index is -1.42. The normalized spacial score (nSPS) is 14.4. The van der Waals surface area contributed by atoms with Crippen LogP contribution in [0.3, 0.4) is 0 Å². The molecular formula is C14H16ClN3O2S. The van der Waals surface area contributed by atoms with Crippen LogP contribution in [-0.2, 0) is 11.0 Å².